The molecule has 0 aromatic carbocycles. The summed E-state index contributed by atoms with van der Waals surface area (Å²) in [5.74, 6) is 0.378. The molecule has 15 heavy (non-hydrogen) atoms. The van der Waals surface area contributed by atoms with Crippen molar-refractivity contribution in [3.8, 4) is 0 Å². The molecular weight excluding hydrogens is 190 g/mol. The number of nitrogens with one attached hydrogen (secondary N) is 1. The lowest BCUT2D eigenvalue weighted by Crippen LogP contribution is -2.53. The van der Waals surface area contributed by atoms with Crippen LogP contribution in [0.15, 0.2) is 0 Å². The highest BCUT2D eigenvalue weighted by Gasteiger charge is 2.34. The number of hydrogen-bond acceptors (Lipinski definition) is 2. The number of ether oxygens (including phenoxy) is 1. The smallest absolute Gasteiger partial charge is 0.217 e. The second kappa shape index (κ2) is 5.50. The predicted molar refractivity (Wildman–Crippen MR) is 62.7 cm³/mol. The van der Waals surface area contributed by atoms with E-state index in [0.717, 1.165) is 0 Å². The molecule has 2 unspecified atom stereocenters. The zero-order chi connectivity index (χ0) is 12.2. The van der Waals surface area contributed by atoms with Gasteiger partial charge in [0, 0.05) is 14.0 Å². The van der Waals surface area contributed by atoms with Gasteiger partial charge in [-0.1, -0.05) is 34.6 Å². The van der Waals surface area contributed by atoms with Crippen LogP contribution in [0.5, 0.6) is 0 Å². The van der Waals surface area contributed by atoms with E-state index in [1.807, 2.05) is 0 Å². The zero-order valence-corrected chi connectivity index (χ0v) is 11.0. The number of hydrogen-bond donors (Lipinski definition) is 1. The van der Waals surface area contributed by atoms with E-state index in [0.29, 0.717) is 5.92 Å². The van der Waals surface area contributed by atoms with Crippen molar-refractivity contribution in [1.82, 2.24) is 5.32 Å². The first-order valence-electron chi connectivity index (χ1n) is 5.50. The lowest BCUT2D eigenvalue weighted by molar-refractivity contribution is -0.122. The van der Waals surface area contributed by atoms with Gasteiger partial charge in [0.1, 0.15) is 0 Å². The zero-order valence-electron chi connectivity index (χ0n) is 11.0. The number of carbonyl (C=O) groups is 1. The van der Waals surface area contributed by atoms with Crippen LogP contribution in [0.4, 0.5) is 0 Å². The summed E-state index contributed by atoms with van der Waals surface area (Å²) in [6, 6.07) is 0.0417. The van der Waals surface area contributed by atoms with E-state index in [1.54, 1.807) is 14.0 Å². The van der Waals surface area contributed by atoms with Crippen LogP contribution in [0, 0.1) is 11.3 Å². The lowest BCUT2D eigenvalue weighted by Gasteiger charge is -2.38. The van der Waals surface area contributed by atoms with E-state index in [2.05, 4.69) is 39.9 Å². The van der Waals surface area contributed by atoms with E-state index in [4.69, 9.17) is 4.74 Å². The molecule has 3 nitrogen and oxygen atoms in total. The average Bonchev–Trinajstić information content (AvgIpc) is 2.00. The van der Waals surface area contributed by atoms with E-state index >= 15 is 0 Å². The molecule has 0 radical (unpaired) electrons. The standard InChI is InChI=1S/C12H25NO2/c1-8(2)10(15-7)11(12(4,5)6)13-9(3)14/h8,10-11H,1-7H3,(H,13,14). The normalized spacial score (nSPS) is 16.3. The summed E-state index contributed by atoms with van der Waals surface area (Å²) in [6.45, 7) is 12.1. The molecule has 0 heterocycles. The molecule has 0 fully saturated rings. The fourth-order valence-corrected chi connectivity index (χ4v) is 1.80. The molecule has 3 heteroatoms. The SMILES string of the molecule is COC(C(C)C)C(NC(C)=O)C(C)(C)C. The second-order valence-corrected chi connectivity index (χ2v) is 5.49. The number of rotatable bonds is 4. The van der Waals surface area contributed by atoms with Gasteiger partial charge in [-0.15, -0.1) is 0 Å². The maximum absolute atomic E-state index is 11.2. The van der Waals surface area contributed by atoms with Crippen LogP contribution < -0.4 is 5.32 Å². The fourth-order valence-electron chi connectivity index (χ4n) is 1.80. The number of amides is 1. The van der Waals surface area contributed by atoms with Crippen LogP contribution in [0.3, 0.4) is 0 Å². The molecule has 90 valence electrons. The molecular formula is C12H25NO2. The van der Waals surface area contributed by atoms with Crippen LogP contribution in [0.1, 0.15) is 41.5 Å². The Morgan fingerprint density at radius 3 is 1.93 bits per heavy atom. The van der Waals surface area contributed by atoms with Gasteiger partial charge < -0.3 is 10.1 Å². The summed E-state index contributed by atoms with van der Waals surface area (Å²) in [5.41, 5.74) is -0.00336. The Labute approximate surface area is 93.6 Å². The van der Waals surface area contributed by atoms with Crippen molar-refractivity contribution in [2.45, 2.75) is 53.7 Å². The Bertz CT molecular complexity index is 206. The quantitative estimate of drug-likeness (QED) is 0.781. The largest absolute Gasteiger partial charge is 0.379 e. The van der Waals surface area contributed by atoms with Crippen molar-refractivity contribution in [3.05, 3.63) is 0 Å². The summed E-state index contributed by atoms with van der Waals surface area (Å²) in [7, 11) is 1.70. The third-order valence-electron chi connectivity index (χ3n) is 2.55. The van der Waals surface area contributed by atoms with Crippen molar-refractivity contribution in [2.24, 2.45) is 11.3 Å². The molecule has 0 saturated carbocycles. The van der Waals surface area contributed by atoms with Crippen molar-refractivity contribution >= 4 is 5.91 Å². The molecule has 1 N–H and O–H groups in total. The van der Waals surface area contributed by atoms with E-state index in [9.17, 15) is 4.79 Å². The Morgan fingerprint density at radius 2 is 1.73 bits per heavy atom. The van der Waals surface area contributed by atoms with Gasteiger partial charge >= 0.3 is 0 Å². The molecule has 2 atom stereocenters. The van der Waals surface area contributed by atoms with E-state index in [-0.39, 0.29) is 23.5 Å². The molecule has 0 rings (SSSR count). The summed E-state index contributed by atoms with van der Waals surface area (Å²) in [5, 5.41) is 2.99. The highest BCUT2D eigenvalue weighted by Crippen LogP contribution is 2.26. The summed E-state index contributed by atoms with van der Waals surface area (Å²) < 4.78 is 5.49. The predicted octanol–water partition coefficient (Wildman–Crippen LogP) is 2.21. The Kier molecular flexibility index (Phi) is 5.29. The summed E-state index contributed by atoms with van der Waals surface area (Å²) in [6.07, 6.45) is 0.0499. The minimum absolute atomic E-state index is 0.00220. The van der Waals surface area contributed by atoms with Crippen LogP contribution >= 0.6 is 0 Å². The maximum Gasteiger partial charge on any atom is 0.217 e. The topological polar surface area (TPSA) is 38.3 Å². The van der Waals surface area contributed by atoms with Crippen molar-refractivity contribution in [2.75, 3.05) is 7.11 Å². The van der Waals surface area contributed by atoms with E-state index < -0.39 is 0 Å². The van der Waals surface area contributed by atoms with Crippen LogP contribution in [0.25, 0.3) is 0 Å². The lowest BCUT2D eigenvalue weighted by atomic mass is 9.80. The Balaban J connectivity index is 4.82. The maximum atomic E-state index is 11.2. The van der Waals surface area contributed by atoms with Crippen LogP contribution in [-0.4, -0.2) is 25.2 Å². The fraction of sp³-hybridized carbons (Fsp3) is 0.917. The van der Waals surface area contributed by atoms with Gasteiger partial charge in [-0.25, -0.2) is 0 Å². The molecule has 0 saturated heterocycles. The van der Waals surface area contributed by atoms with E-state index in [1.165, 1.54) is 0 Å². The molecule has 0 aliphatic carbocycles. The summed E-state index contributed by atoms with van der Waals surface area (Å²) in [4.78, 5) is 11.2. The number of carbonyl (C=O) groups excluding carboxylic acids is 1. The van der Waals surface area contributed by atoms with Crippen molar-refractivity contribution < 1.29 is 9.53 Å². The summed E-state index contributed by atoms with van der Waals surface area (Å²) >= 11 is 0. The van der Waals surface area contributed by atoms with Gasteiger partial charge in [-0.2, -0.15) is 0 Å². The highest BCUT2D eigenvalue weighted by molar-refractivity contribution is 5.73. The van der Waals surface area contributed by atoms with Gasteiger partial charge in [0.2, 0.25) is 5.91 Å². The Hall–Kier alpha value is -0.570. The minimum atomic E-state index is -0.00336. The van der Waals surface area contributed by atoms with Gasteiger partial charge in [-0.05, 0) is 11.3 Å². The Morgan fingerprint density at radius 1 is 1.27 bits per heavy atom. The minimum Gasteiger partial charge on any atom is -0.379 e. The van der Waals surface area contributed by atoms with Gasteiger partial charge in [-0.3, -0.25) is 4.79 Å². The van der Waals surface area contributed by atoms with Gasteiger partial charge in [0.15, 0.2) is 0 Å². The van der Waals surface area contributed by atoms with Gasteiger partial charge in [0.25, 0.3) is 0 Å². The molecule has 0 aliphatic rings. The third-order valence-corrected chi connectivity index (χ3v) is 2.55. The van der Waals surface area contributed by atoms with Gasteiger partial charge in [0.05, 0.1) is 12.1 Å². The average molecular weight is 215 g/mol. The number of methoxy groups -OCH3 is 1. The first kappa shape index (κ1) is 14.4. The molecule has 1 amide bonds. The molecule has 0 aromatic rings. The molecule has 0 bridgehead atoms. The first-order chi connectivity index (χ1) is 6.70. The monoisotopic (exact) mass is 215 g/mol. The molecule has 0 aliphatic heterocycles. The van der Waals surface area contributed by atoms with Crippen molar-refractivity contribution in [1.29, 1.82) is 0 Å². The van der Waals surface area contributed by atoms with Crippen LogP contribution in [0.2, 0.25) is 0 Å². The first-order valence-corrected chi connectivity index (χ1v) is 5.50. The third kappa shape index (κ3) is 4.65. The van der Waals surface area contributed by atoms with Crippen molar-refractivity contribution in [3.63, 3.8) is 0 Å². The highest BCUT2D eigenvalue weighted by atomic mass is 16.5. The molecule has 0 aromatic heterocycles. The molecule has 0 spiro atoms. The van der Waals surface area contributed by atoms with Crippen LogP contribution in [-0.2, 0) is 9.53 Å². The second-order valence-electron chi connectivity index (χ2n) is 5.49.